The summed E-state index contributed by atoms with van der Waals surface area (Å²) in [6, 6.07) is 14.3. The van der Waals surface area contributed by atoms with Gasteiger partial charge in [0, 0.05) is 46.8 Å². The average molecular weight is 408 g/mol. The number of nitrogens with zero attached hydrogens (tertiary/aromatic N) is 3. The summed E-state index contributed by atoms with van der Waals surface area (Å²) in [5, 5.41) is 4.24. The number of aromatic nitrogens is 2. The highest BCUT2D eigenvalue weighted by Crippen LogP contribution is 2.32. The fraction of sp³-hybridized carbons (Fsp3) is 0.273. The zero-order chi connectivity index (χ0) is 20.2. The largest absolute Gasteiger partial charge is 0.399 e. The molecule has 3 N–H and O–H groups in total. The van der Waals surface area contributed by atoms with Gasteiger partial charge in [-0.2, -0.15) is 0 Å². The molecule has 150 valence electrons. The van der Waals surface area contributed by atoms with Crippen molar-refractivity contribution in [1.29, 1.82) is 0 Å². The van der Waals surface area contributed by atoms with Gasteiger partial charge in [0.2, 0.25) is 5.95 Å². The van der Waals surface area contributed by atoms with E-state index in [4.69, 9.17) is 15.5 Å². The zero-order valence-electron chi connectivity index (χ0n) is 16.7. The molecule has 7 heteroatoms. The molecular formula is C22H25N5OS. The number of nitrogen functional groups attached to an aromatic ring is 1. The Morgan fingerprint density at radius 3 is 2.52 bits per heavy atom. The van der Waals surface area contributed by atoms with Gasteiger partial charge in [0.05, 0.1) is 13.2 Å². The molecule has 1 aliphatic heterocycles. The molecule has 0 atom stereocenters. The van der Waals surface area contributed by atoms with Crippen LogP contribution in [-0.4, -0.2) is 36.3 Å². The third-order valence-corrected chi connectivity index (χ3v) is 6.12. The van der Waals surface area contributed by atoms with Crippen molar-refractivity contribution in [1.82, 2.24) is 9.97 Å². The van der Waals surface area contributed by atoms with Crippen LogP contribution in [0.15, 0.2) is 58.6 Å². The molecule has 3 aromatic rings. The topological polar surface area (TPSA) is 76.3 Å². The Bertz CT molecular complexity index is 987. The van der Waals surface area contributed by atoms with Gasteiger partial charge in [0.25, 0.3) is 0 Å². The molecule has 1 aromatic heterocycles. The number of nitrogens with one attached hydrogen (secondary N) is 1. The average Bonchev–Trinajstić information content (AvgIpc) is 2.73. The number of hydrogen-bond acceptors (Lipinski definition) is 7. The van der Waals surface area contributed by atoms with Gasteiger partial charge in [-0.1, -0.05) is 11.8 Å². The van der Waals surface area contributed by atoms with Crippen LogP contribution in [0.4, 0.5) is 23.0 Å². The van der Waals surface area contributed by atoms with Crippen LogP contribution in [0.2, 0.25) is 0 Å². The maximum Gasteiger partial charge on any atom is 0.228 e. The van der Waals surface area contributed by atoms with Gasteiger partial charge in [0.1, 0.15) is 5.03 Å². The van der Waals surface area contributed by atoms with Gasteiger partial charge in [-0.25, -0.2) is 9.97 Å². The number of nitrogens with two attached hydrogens (primary N) is 1. The first-order valence-electron chi connectivity index (χ1n) is 9.66. The van der Waals surface area contributed by atoms with Crippen molar-refractivity contribution >= 4 is 34.8 Å². The summed E-state index contributed by atoms with van der Waals surface area (Å²) in [7, 11) is 0. The molecule has 0 radical (unpaired) electrons. The van der Waals surface area contributed by atoms with Gasteiger partial charge >= 0.3 is 0 Å². The van der Waals surface area contributed by atoms with E-state index in [-0.39, 0.29) is 0 Å². The van der Waals surface area contributed by atoms with Crippen molar-refractivity contribution in [2.45, 2.75) is 23.8 Å². The normalized spacial score (nSPS) is 14.1. The molecule has 4 rings (SSSR count). The Kier molecular flexibility index (Phi) is 5.87. The van der Waals surface area contributed by atoms with E-state index in [1.807, 2.05) is 31.3 Å². The summed E-state index contributed by atoms with van der Waals surface area (Å²) in [5.74, 6) is 0.588. The molecule has 0 aliphatic carbocycles. The molecule has 0 spiro atoms. The second kappa shape index (κ2) is 8.71. The summed E-state index contributed by atoms with van der Waals surface area (Å²) in [5.41, 5.74) is 11.0. The van der Waals surface area contributed by atoms with Crippen LogP contribution in [0.5, 0.6) is 0 Å². The second-order valence-electron chi connectivity index (χ2n) is 7.08. The smallest absolute Gasteiger partial charge is 0.228 e. The van der Waals surface area contributed by atoms with Crippen LogP contribution in [0, 0.1) is 13.8 Å². The van der Waals surface area contributed by atoms with Gasteiger partial charge in [0.15, 0.2) is 0 Å². The van der Waals surface area contributed by atoms with Crippen LogP contribution >= 0.6 is 11.8 Å². The Morgan fingerprint density at radius 1 is 1.03 bits per heavy atom. The Balaban J connectivity index is 1.48. The van der Waals surface area contributed by atoms with Crippen LogP contribution in [0.25, 0.3) is 0 Å². The maximum atomic E-state index is 5.86. The minimum Gasteiger partial charge on any atom is -0.399 e. The van der Waals surface area contributed by atoms with Gasteiger partial charge < -0.3 is 20.7 Å². The van der Waals surface area contributed by atoms with Crippen molar-refractivity contribution < 1.29 is 4.74 Å². The van der Waals surface area contributed by atoms with E-state index in [0.29, 0.717) is 5.95 Å². The lowest BCUT2D eigenvalue weighted by Gasteiger charge is -2.28. The quantitative estimate of drug-likeness (QED) is 0.479. The van der Waals surface area contributed by atoms with E-state index in [0.717, 1.165) is 58.7 Å². The number of benzene rings is 2. The van der Waals surface area contributed by atoms with Crippen LogP contribution in [0.1, 0.15) is 11.1 Å². The fourth-order valence-corrected chi connectivity index (χ4v) is 4.10. The summed E-state index contributed by atoms with van der Waals surface area (Å²) in [6.45, 7) is 7.51. The lowest BCUT2D eigenvalue weighted by atomic mass is 10.2. The summed E-state index contributed by atoms with van der Waals surface area (Å²) in [6.07, 6.45) is 1.85. The Labute approximate surface area is 175 Å². The first-order chi connectivity index (χ1) is 14.1. The Morgan fingerprint density at radius 2 is 1.79 bits per heavy atom. The van der Waals surface area contributed by atoms with Crippen molar-refractivity contribution in [3.8, 4) is 0 Å². The Hall–Kier alpha value is -2.77. The molecule has 0 amide bonds. The highest BCUT2D eigenvalue weighted by atomic mass is 32.2. The van der Waals surface area contributed by atoms with Crippen LogP contribution < -0.4 is 16.0 Å². The predicted molar refractivity (Wildman–Crippen MR) is 119 cm³/mol. The van der Waals surface area contributed by atoms with Crippen LogP contribution in [-0.2, 0) is 4.74 Å². The lowest BCUT2D eigenvalue weighted by molar-refractivity contribution is 0.122. The van der Waals surface area contributed by atoms with Crippen LogP contribution in [0.3, 0.4) is 0 Å². The third-order valence-electron chi connectivity index (χ3n) is 4.83. The number of rotatable bonds is 5. The highest BCUT2D eigenvalue weighted by Gasteiger charge is 2.12. The number of ether oxygens (including phenoxy) is 1. The van der Waals surface area contributed by atoms with E-state index in [2.05, 4.69) is 46.4 Å². The number of morpholine rings is 1. The number of anilines is 4. The molecule has 1 fully saturated rings. The van der Waals surface area contributed by atoms with E-state index < -0.39 is 0 Å². The highest BCUT2D eigenvalue weighted by molar-refractivity contribution is 7.99. The molecule has 1 aliphatic rings. The van der Waals surface area contributed by atoms with Crippen molar-refractivity contribution in [3.63, 3.8) is 0 Å². The monoisotopic (exact) mass is 407 g/mol. The van der Waals surface area contributed by atoms with Crippen molar-refractivity contribution in [3.05, 3.63) is 59.8 Å². The molecule has 1 saturated heterocycles. The second-order valence-corrected chi connectivity index (χ2v) is 8.11. The van der Waals surface area contributed by atoms with E-state index in [9.17, 15) is 0 Å². The molecular weight excluding hydrogens is 382 g/mol. The zero-order valence-corrected chi connectivity index (χ0v) is 17.5. The minimum atomic E-state index is 0.588. The first kappa shape index (κ1) is 19.5. The third kappa shape index (κ3) is 4.81. The SMILES string of the molecule is Cc1cc(N)ccc1Sc1nc(Nc2ccc(N3CCOCC3)cc2)ncc1C. The molecule has 0 saturated carbocycles. The molecule has 0 bridgehead atoms. The first-order valence-corrected chi connectivity index (χ1v) is 10.5. The van der Waals surface area contributed by atoms with Crippen molar-refractivity contribution in [2.75, 3.05) is 42.3 Å². The molecule has 2 heterocycles. The van der Waals surface area contributed by atoms with Gasteiger partial charge in [-0.15, -0.1) is 0 Å². The predicted octanol–water partition coefficient (Wildman–Crippen LogP) is 4.41. The van der Waals surface area contributed by atoms with E-state index in [1.165, 1.54) is 5.69 Å². The minimum absolute atomic E-state index is 0.588. The van der Waals surface area contributed by atoms with Gasteiger partial charge in [-0.3, -0.25) is 0 Å². The van der Waals surface area contributed by atoms with Gasteiger partial charge in [-0.05, 0) is 61.9 Å². The number of aryl methyl sites for hydroxylation is 2. The fourth-order valence-electron chi connectivity index (χ4n) is 3.19. The number of hydrogen-bond donors (Lipinski definition) is 2. The summed E-state index contributed by atoms with van der Waals surface area (Å²) < 4.78 is 5.42. The maximum absolute atomic E-state index is 5.86. The van der Waals surface area contributed by atoms with Crippen molar-refractivity contribution in [2.24, 2.45) is 0 Å². The summed E-state index contributed by atoms with van der Waals surface area (Å²) in [4.78, 5) is 12.6. The molecule has 2 aromatic carbocycles. The molecule has 0 unspecified atom stereocenters. The standard InChI is InChI=1S/C22H25N5OS/c1-15-13-17(23)3-8-20(15)29-21-16(2)14-24-22(26-21)25-18-4-6-19(7-5-18)27-9-11-28-12-10-27/h3-8,13-14H,9-12,23H2,1-2H3,(H,24,25,26). The van der Waals surface area contributed by atoms with E-state index >= 15 is 0 Å². The lowest BCUT2D eigenvalue weighted by Crippen LogP contribution is -2.36. The van der Waals surface area contributed by atoms with E-state index in [1.54, 1.807) is 11.8 Å². The molecule has 29 heavy (non-hydrogen) atoms. The summed E-state index contributed by atoms with van der Waals surface area (Å²) >= 11 is 1.63. The molecule has 6 nitrogen and oxygen atoms in total.